The van der Waals surface area contributed by atoms with Crippen molar-refractivity contribution < 1.29 is 9.53 Å². The zero-order chi connectivity index (χ0) is 12.4. The summed E-state index contributed by atoms with van der Waals surface area (Å²) in [4.78, 5) is 12.7. The van der Waals surface area contributed by atoms with Crippen molar-refractivity contribution in [2.24, 2.45) is 0 Å². The van der Waals surface area contributed by atoms with Crippen molar-refractivity contribution in [1.82, 2.24) is 0 Å². The first-order valence-electron chi connectivity index (χ1n) is 4.75. The predicted molar refractivity (Wildman–Crippen MR) is 73.5 cm³/mol. The summed E-state index contributed by atoms with van der Waals surface area (Å²) in [6, 6.07) is 8.74. The maximum absolute atomic E-state index is 12.1. The van der Waals surface area contributed by atoms with Crippen molar-refractivity contribution in [3.05, 3.63) is 49.6 Å². The molecule has 0 N–H and O–H groups in total. The van der Waals surface area contributed by atoms with Crippen LogP contribution in [0.25, 0.3) is 0 Å². The van der Waals surface area contributed by atoms with Crippen LogP contribution in [0.1, 0.15) is 15.2 Å². The van der Waals surface area contributed by atoms with E-state index in [0.29, 0.717) is 14.8 Å². The zero-order valence-corrected chi connectivity index (χ0v) is 12.0. The van der Waals surface area contributed by atoms with Crippen LogP contribution in [0.4, 0.5) is 0 Å². The van der Waals surface area contributed by atoms with Crippen molar-refractivity contribution in [3.8, 4) is 5.75 Å². The Morgan fingerprint density at radius 3 is 2.47 bits per heavy atom. The van der Waals surface area contributed by atoms with Gasteiger partial charge in [0, 0.05) is 10.0 Å². The molecule has 0 bridgehead atoms. The average molecular weight is 332 g/mol. The molecule has 2 nitrogen and oxygen atoms in total. The lowest BCUT2D eigenvalue weighted by Crippen LogP contribution is -1.98. The number of hydrogen-bond donors (Lipinski definition) is 0. The molecule has 0 atom stereocenters. The highest BCUT2D eigenvalue weighted by Crippen LogP contribution is 2.33. The Labute approximate surface area is 116 Å². The number of thiophene rings is 1. The molecule has 0 aliphatic rings. The van der Waals surface area contributed by atoms with E-state index < -0.39 is 0 Å². The number of methoxy groups -OCH3 is 1. The van der Waals surface area contributed by atoms with E-state index in [1.807, 2.05) is 0 Å². The molecule has 1 aromatic carbocycles. The summed E-state index contributed by atoms with van der Waals surface area (Å²) < 4.78 is 6.38. The highest BCUT2D eigenvalue weighted by Gasteiger charge is 2.14. The molecule has 17 heavy (non-hydrogen) atoms. The van der Waals surface area contributed by atoms with Gasteiger partial charge in [-0.2, -0.15) is 0 Å². The van der Waals surface area contributed by atoms with Gasteiger partial charge in [0.05, 0.1) is 12.0 Å². The summed E-state index contributed by atoms with van der Waals surface area (Å²) in [6.45, 7) is 0. The van der Waals surface area contributed by atoms with Gasteiger partial charge >= 0.3 is 0 Å². The number of ketones is 1. The largest absolute Gasteiger partial charge is 0.497 e. The minimum Gasteiger partial charge on any atom is -0.497 e. The van der Waals surface area contributed by atoms with Crippen LogP contribution in [0.2, 0.25) is 4.34 Å². The minimum atomic E-state index is -0.0368. The molecule has 0 amide bonds. The zero-order valence-electron chi connectivity index (χ0n) is 8.87. The van der Waals surface area contributed by atoms with Crippen LogP contribution in [-0.2, 0) is 0 Å². The van der Waals surface area contributed by atoms with Gasteiger partial charge in [0.25, 0.3) is 0 Å². The first kappa shape index (κ1) is 12.6. The van der Waals surface area contributed by atoms with Gasteiger partial charge in [-0.1, -0.05) is 11.6 Å². The van der Waals surface area contributed by atoms with Gasteiger partial charge in [0.1, 0.15) is 10.1 Å². The fraction of sp³-hybridized carbons (Fsp3) is 0.0833. The molecular formula is C12H8BrClO2S. The quantitative estimate of drug-likeness (QED) is 0.779. The van der Waals surface area contributed by atoms with Gasteiger partial charge in [-0.3, -0.25) is 4.79 Å². The van der Waals surface area contributed by atoms with E-state index in [9.17, 15) is 4.79 Å². The van der Waals surface area contributed by atoms with Crippen LogP contribution in [0.5, 0.6) is 5.75 Å². The van der Waals surface area contributed by atoms with Crippen molar-refractivity contribution in [2.75, 3.05) is 7.11 Å². The van der Waals surface area contributed by atoms with Gasteiger partial charge < -0.3 is 4.74 Å². The Morgan fingerprint density at radius 2 is 2.00 bits per heavy atom. The molecule has 0 saturated carbocycles. The summed E-state index contributed by atoms with van der Waals surface area (Å²) in [7, 11) is 1.59. The maximum Gasteiger partial charge on any atom is 0.203 e. The number of carbonyl (C=O) groups is 1. The molecule has 0 unspecified atom stereocenters. The number of rotatable bonds is 3. The van der Waals surface area contributed by atoms with Crippen LogP contribution >= 0.6 is 38.9 Å². The summed E-state index contributed by atoms with van der Waals surface area (Å²) in [5, 5.41) is 0. The summed E-state index contributed by atoms with van der Waals surface area (Å²) in [6.07, 6.45) is 0. The summed E-state index contributed by atoms with van der Waals surface area (Å²) in [5.41, 5.74) is 0.621. The molecule has 0 aliphatic heterocycles. The van der Waals surface area contributed by atoms with Crippen LogP contribution in [0.3, 0.4) is 0 Å². The Balaban J connectivity index is 2.30. The van der Waals surface area contributed by atoms with E-state index in [1.165, 1.54) is 11.3 Å². The van der Waals surface area contributed by atoms with E-state index in [4.69, 9.17) is 16.3 Å². The number of carbonyl (C=O) groups excluding carboxylic acids is 1. The molecule has 0 aliphatic carbocycles. The van der Waals surface area contributed by atoms with Crippen molar-refractivity contribution >= 4 is 44.7 Å². The second kappa shape index (κ2) is 5.21. The molecule has 0 fully saturated rings. The first-order chi connectivity index (χ1) is 8.11. The summed E-state index contributed by atoms with van der Waals surface area (Å²) >= 11 is 10.5. The van der Waals surface area contributed by atoms with Gasteiger partial charge in [-0.05, 0) is 46.3 Å². The highest BCUT2D eigenvalue weighted by molar-refractivity contribution is 9.10. The molecule has 0 radical (unpaired) electrons. The van der Waals surface area contributed by atoms with Crippen molar-refractivity contribution in [2.45, 2.75) is 0 Å². The molecular weight excluding hydrogens is 324 g/mol. The van der Waals surface area contributed by atoms with Crippen LogP contribution in [0.15, 0.2) is 34.8 Å². The van der Waals surface area contributed by atoms with E-state index in [0.717, 1.165) is 10.2 Å². The Kier molecular flexibility index (Phi) is 3.86. The standard InChI is InChI=1S/C12H8BrClO2S/c1-16-8-4-2-7(3-5-8)11(15)10-6-9(13)12(14)17-10/h2-6H,1H3. The monoisotopic (exact) mass is 330 g/mol. The number of benzene rings is 1. The maximum atomic E-state index is 12.1. The van der Waals surface area contributed by atoms with Gasteiger partial charge in [-0.15, -0.1) is 11.3 Å². The molecule has 2 rings (SSSR count). The lowest BCUT2D eigenvalue weighted by atomic mass is 10.1. The van der Waals surface area contributed by atoms with Crippen LogP contribution in [0, 0.1) is 0 Å². The fourth-order valence-electron chi connectivity index (χ4n) is 1.34. The Hall–Kier alpha value is -0.840. The van der Waals surface area contributed by atoms with E-state index in [2.05, 4.69) is 15.9 Å². The topological polar surface area (TPSA) is 26.3 Å². The molecule has 0 spiro atoms. The normalized spacial score (nSPS) is 10.3. The number of ether oxygens (including phenoxy) is 1. The second-order valence-electron chi connectivity index (χ2n) is 3.29. The smallest absolute Gasteiger partial charge is 0.203 e. The minimum absolute atomic E-state index is 0.0368. The highest BCUT2D eigenvalue weighted by atomic mass is 79.9. The van der Waals surface area contributed by atoms with Gasteiger partial charge in [0.15, 0.2) is 0 Å². The van der Waals surface area contributed by atoms with E-state index in [-0.39, 0.29) is 5.78 Å². The number of halogens is 2. The Bertz CT molecular complexity index is 529. The van der Waals surface area contributed by atoms with Crippen LogP contribution in [-0.4, -0.2) is 12.9 Å². The SMILES string of the molecule is COc1ccc(C(=O)c2cc(Br)c(Cl)s2)cc1. The third kappa shape index (κ3) is 2.70. The average Bonchev–Trinajstić information content (AvgIpc) is 2.69. The van der Waals surface area contributed by atoms with E-state index in [1.54, 1.807) is 37.4 Å². The van der Waals surface area contributed by atoms with Crippen LogP contribution < -0.4 is 4.74 Å². The molecule has 1 aromatic heterocycles. The Morgan fingerprint density at radius 1 is 1.35 bits per heavy atom. The lowest BCUT2D eigenvalue weighted by molar-refractivity contribution is 0.104. The molecule has 5 heteroatoms. The van der Waals surface area contributed by atoms with E-state index >= 15 is 0 Å². The third-order valence-electron chi connectivity index (χ3n) is 2.22. The molecule has 0 saturated heterocycles. The second-order valence-corrected chi connectivity index (χ2v) is 5.80. The lowest BCUT2D eigenvalue weighted by Gasteiger charge is -2.01. The molecule has 1 heterocycles. The van der Waals surface area contributed by atoms with Gasteiger partial charge in [-0.25, -0.2) is 0 Å². The van der Waals surface area contributed by atoms with Gasteiger partial charge in [0.2, 0.25) is 5.78 Å². The fourth-order valence-corrected chi connectivity index (χ4v) is 3.01. The predicted octanol–water partition coefficient (Wildman–Crippen LogP) is 4.40. The first-order valence-corrected chi connectivity index (χ1v) is 6.74. The van der Waals surface area contributed by atoms with Crippen molar-refractivity contribution in [3.63, 3.8) is 0 Å². The summed E-state index contributed by atoms with van der Waals surface area (Å²) in [5.74, 6) is 0.692. The molecule has 88 valence electrons. The number of hydrogen-bond acceptors (Lipinski definition) is 3. The van der Waals surface area contributed by atoms with Crippen molar-refractivity contribution in [1.29, 1.82) is 0 Å². The third-order valence-corrected chi connectivity index (χ3v) is 4.69. The molecule has 2 aromatic rings.